The van der Waals surface area contributed by atoms with Gasteiger partial charge in [0.05, 0.1) is 7.11 Å². The van der Waals surface area contributed by atoms with Crippen molar-refractivity contribution in [2.45, 2.75) is 12.6 Å². The van der Waals surface area contributed by atoms with E-state index in [1.54, 1.807) is 7.05 Å². The number of hydrogen-bond acceptors (Lipinski definition) is 4. The van der Waals surface area contributed by atoms with E-state index in [0.29, 0.717) is 18.5 Å². The van der Waals surface area contributed by atoms with Crippen molar-refractivity contribution in [2.24, 2.45) is 0 Å². The van der Waals surface area contributed by atoms with Gasteiger partial charge in [-0.1, -0.05) is 0 Å². The molecule has 0 aromatic carbocycles. The van der Waals surface area contributed by atoms with Crippen LogP contribution in [0.25, 0.3) is 0 Å². The number of likely N-dealkylation sites (N-methyl/N-ethyl adjacent to an activating group) is 1. The molecule has 90 valence electrons. The van der Waals surface area contributed by atoms with Gasteiger partial charge in [-0.05, 0) is 20.0 Å². The van der Waals surface area contributed by atoms with Gasteiger partial charge in [-0.2, -0.15) is 18.2 Å². The minimum Gasteiger partial charge on any atom is -0.481 e. The summed E-state index contributed by atoms with van der Waals surface area (Å²) in [4.78, 5) is 6.60. The number of nitrogens with zero attached hydrogens (tertiary/aromatic N) is 2. The Morgan fingerprint density at radius 2 is 2.12 bits per heavy atom. The minimum absolute atomic E-state index is 0.0300. The van der Waals surface area contributed by atoms with Crippen LogP contribution in [-0.2, 0) is 12.6 Å². The van der Waals surface area contributed by atoms with Crippen molar-refractivity contribution in [1.29, 1.82) is 0 Å². The number of rotatable bonds is 4. The molecule has 0 aliphatic rings. The lowest BCUT2D eigenvalue weighted by atomic mass is 10.2. The van der Waals surface area contributed by atoms with Crippen LogP contribution in [0.2, 0.25) is 0 Å². The Kier molecular flexibility index (Phi) is 4.05. The van der Waals surface area contributed by atoms with Crippen LogP contribution in [0.1, 0.15) is 11.4 Å². The zero-order chi connectivity index (χ0) is 12.2. The molecule has 0 bridgehead atoms. The van der Waals surface area contributed by atoms with Crippen molar-refractivity contribution in [2.75, 3.05) is 20.7 Å². The molecule has 1 heterocycles. The van der Waals surface area contributed by atoms with Crippen molar-refractivity contribution in [3.05, 3.63) is 17.6 Å². The summed E-state index contributed by atoms with van der Waals surface area (Å²) in [6.45, 7) is 0.616. The number of nitrogens with one attached hydrogen (secondary N) is 1. The highest BCUT2D eigenvalue weighted by Crippen LogP contribution is 2.28. The molecule has 0 aliphatic carbocycles. The molecule has 0 aliphatic heterocycles. The Bertz CT molecular complexity index is 354. The van der Waals surface area contributed by atoms with Crippen LogP contribution < -0.4 is 10.1 Å². The summed E-state index contributed by atoms with van der Waals surface area (Å²) in [7, 11) is 3.03. The molecule has 4 nitrogen and oxygen atoms in total. The monoisotopic (exact) mass is 235 g/mol. The fourth-order valence-electron chi connectivity index (χ4n) is 1.14. The van der Waals surface area contributed by atoms with Gasteiger partial charge in [0.2, 0.25) is 11.7 Å². The highest BCUT2D eigenvalue weighted by molar-refractivity contribution is 5.24. The van der Waals surface area contributed by atoms with Gasteiger partial charge < -0.3 is 10.1 Å². The van der Waals surface area contributed by atoms with Gasteiger partial charge in [0.25, 0.3) is 0 Å². The summed E-state index contributed by atoms with van der Waals surface area (Å²) in [5.74, 6) is -1.21. The molecule has 0 amide bonds. The summed E-state index contributed by atoms with van der Waals surface area (Å²) < 4.78 is 41.7. The van der Waals surface area contributed by atoms with Crippen LogP contribution in [0.5, 0.6) is 5.88 Å². The Balaban J connectivity index is 2.97. The van der Waals surface area contributed by atoms with E-state index in [1.807, 2.05) is 0 Å². The SMILES string of the molecule is CNCCc1cnc(C(F)(F)F)nc1OC. The summed E-state index contributed by atoms with van der Waals surface area (Å²) in [6, 6.07) is 0. The largest absolute Gasteiger partial charge is 0.481 e. The molecule has 0 saturated carbocycles. The van der Waals surface area contributed by atoms with Crippen LogP contribution >= 0.6 is 0 Å². The minimum atomic E-state index is -4.55. The molecule has 0 radical (unpaired) electrons. The van der Waals surface area contributed by atoms with Crippen molar-refractivity contribution in [3.8, 4) is 5.88 Å². The predicted molar refractivity (Wildman–Crippen MR) is 51.2 cm³/mol. The fraction of sp³-hybridized carbons (Fsp3) is 0.556. The van der Waals surface area contributed by atoms with Crippen LogP contribution in [-0.4, -0.2) is 30.7 Å². The van der Waals surface area contributed by atoms with Crippen molar-refractivity contribution in [1.82, 2.24) is 15.3 Å². The Hall–Kier alpha value is -1.37. The van der Waals surface area contributed by atoms with Crippen LogP contribution in [0.4, 0.5) is 13.2 Å². The molecule has 1 rings (SSSR count). The maximum Gasteiger partial charge on any atom is 0.451 e. The zero-order valence-corrected chi connectivity index (χ0v) is 8.93. The molecule has 7 heteroatoms. The van der Waals surface area contributed by atoms with Crippen molar-refractivity contribution >= 4 is 0 Å². The Morgan fingerprint density at radius 1 is 1.44 bits per heavy atom. The second-order valence-corrected chi connectivity index (χ2v) is 3.08. The highest BCUT2D eigenvalue weighted by atomic mass is 19.4. The van der Waals surface area contributed by atoms with E-state index in [0.717, 1.165) is 6.20 Å². The second-order valence-electron chi connectivity index (χ2n) is 3.08. The van der Waals surface area contributed by atoms with Gasteiger partial charge in [0, 0.05) is 11.8 Å². The third kappa shape index (κ3) is 3.06. The van der Waals surface area contributed by atoms with Gasteiger partial charge in [-0.25, -0.2) is 4.98 Å². The fourth-order valence-corrected chi connectivity index (χ4v) is 1.14. The summed E-state index contributed by atoms with van der Waals surface area (Å²) in [6.07, 6.45) is -2.89. The van der Waals surface area contributed by atoms with E-state index in [9.17, 15) is 13.2 Å². The first-order chi connectivity index (χ1) is 7.49. The number of ether oxygens (including phenoxy) is 1. The maximum absolute atomic E-state index is 12.3. The average Bonchev–Trinajstić information content (AvgIpc) is 2.24. The third-order valence-corrected chi connectivity index (χ3v) is 1.92. The quantitative estimate of drug-likeness (QED) is 0.853. The molecule has 16 heavy (non-hydrogen) atoms. The predicted octanol–water partition coefficient (Wildman–Crippen LogP) is 1.27. The summed E-state index contributed by atoms with van der Waals surface area (Å²) in [5, 5.41) is 2.88. The molecular weight excluding hydrogens is 223 g/mol. The molecule has 1 aromatic heterocycles. The first-order valence-electron chi connectivity index (χ1n) is 4.60. The Labute approximate surface area is 90.9 Å². The zero-order valence-electron chi connectivity index (χ0n) is 8.93. The number of methoxy groups -OCH3 is 1. The summed E-state index contributed by atoms with van der Waals surface area (Å²) >= 11 is 0. The molecule has 0 spiro atoms. The lowest BCUT2D eigenvalue weighted by Gasteiger charge is -2.10. The lowest BCUT2D eigenvalue weighted by Crippen LogP contribution is -2.15. The standard InChI is InChI=1S/C9H12F3N3O/c1-13-4-3-6-5-14-8(9(10,11)12)15-7(6)16-2/h5,13H,3-4H2,1-2H3. The van der Waals surface area contributed by atoms with Crippen LogP contribution in [0.15, 0.2) is 6.20 Å². The first-order valence-corrected chi connectivity index (χ1v) is 4.60. The van der Waals surface area contributed by atoms with Gasteiger partial charge >= 0.3 is 6.18 Å². The molecule has 0 saturated heterocycles. The first kappa shape index (κ1) is 12.7. The molecular formula is C9H12F3N3O. The molecule has 0 atom stereocenters. The van der Waals surface area contributed by atoms with Crippen LogP contribution in [0, 0.1) is 0 Å². The van der Waals surface area contributed by atoms with Gasteiger partial charge in [-0.15, -0.1) is 0 Å². The number of halogens is 3. The van der Waals surface area contributed by atoms with Crippen LogP contribution in [0.3, 0.4) is 0 Å². The van der Waals surface area contributed by atoms with E-state index in [1.165, 1.54) is 7.11 Å². The third-order valence-electron chi connectivity index (χ3n) is 1.92. The molecule has 0 unspecified atom stereocenters. The van der Waals surface area contributed by atoms with E-state index in [2.05, 4.69) is 15.3 Å². The van der Waals surface area contributed by atoms with Gasteiger partial charge in [-0.3, -0.25) is 0 Å². The molecule has 1 aromatic rings. The normalized spacial score (nSPS) is 11.6. The van der Waals surface area contributed by atoms with Crippen molar-refractivity contribution in [3.63, 3.8) is 0 Å². The maximum atomic E-state index is 12.3. The number of alkyl halides is 3. The van der Waals surface area contributed by atoms with Crippen molar-refractivity contribution < 1.29 is 17.9 Å². The average molecular weight is 235 g/mol. The lowest BCUT2D eigenvalue weighted by molar-refractivity contribution is -0.145. The molecule has 1 N–H and O–H groups in total. The van der Waals surface area contributed by atoms with E-state index >= 15 is 0 Å². The second kappa shape index (κ2) is 5.11. The van der Waals surface area contributed by atoms with Gasteiger partial charge in [0.15, 0.2) is 0 Å². The molecule has 0 fully saturated rings. The highest BCUT2D eigenvalue weighted by Gasteiger charge is 2.35. The Morgan fingerprint density at radius 3 is 2.62 bits per heavy atom. The van der Waals surface area contributed by atoms with E-state index in [4.69, 9.17) is 4.74 Å². The summed E-state index contributed by atoms with van der Waals surface area (Å²) in [5.41, 5.74) is 0.546. The van der Waals surface area contributed by atoms with E-state index < -0.39 is 12.0 Å². The number of hydrogen-bond donors (Lipinski definition) is 1. The number of aromatic nitrogens is 2. The smallest absolute Gasteiger partial charge is 0.451 e. The van der Waals surface area contributed by atoms with Gasteiger partial charge in [0.1, 0.15) is 0 Å². The van der Waals surface area contributed by atoms with E-state index in [-0.39, 0.29) is 5.88 Å². The topological polar surface area (TPSA) is 47.0 Å².